The monoisotopic (exact) mass is 352 g/mol. The Hall–Kier alpha value is -2.08. The normalized spacial score (nSPS) is 13.1. The van der Waals surface area contributed by atoms with Crippen molar-refractivity contribution >= 4 is 12.0 Å². The molecule has 0 aromatic heterocycles. The third kappa shape index (κ3) is 9.10. The van der Waals surface area contributed by atoms with E-state index in [1.807, 2.05) is 45.9 Å². The first-order valence-electron chi connectivity index (χ1n) is 8.52. The Balaban J connectivity index is 0.00000277. The maximum atomic E-state index is 11.9. The first kappa shape index (κ1) is 22.9. The lowest BCUT2D eigenvalue weighted by atomic mass is 9.98. The third-order valence-electron chi connectivity index (χ3n) is 3.11. The van der Waals surface area contributed by atoms with Crippen molar-refractivity contribution in [2.45, 2.75) is 72.6 Å². The van der Waals surface area contributed by atoms with Crippen LogP contribution in [0, 0.1) is 13.8 Å². The molecular weight excluding hydrogens is 320 g/mol. The Kier molecular flexibility index (Phi) is 9.20. The average molecular weight is 352 g/mol. The van der Waals surface area contributed by atoms with Gasteiger partial charge in [-0.05, 0) is 46.6 Å². The van der Waals surface area contributed by atoms with Gasteiger partial charge in [-0.25, -0.2) is 4.79 Å². The summed E-state index contributed by atoms with van der Waals surface area (Å²) in [6.45, 7) is 13.1. The Morgan fingerprint density at radius 1 is 1.16 bits per heavy atom. The first-order chi connectivity index (χ1) is 11.5. The van der Waals surface area contributed by atoms with Crippen LogP contribution in [-0.2, 0) is 16.0 Å². The molecule has 2 atom stereocenters. The minimum Gasteiger partial charge on any atom is -0.444 e. The molecule has 25 heavy (non-hydrogen) atoms. The molecule has 0 aliphatic heterocycles. The van der Waals surface area contributed by atoms with Crippen molar-refractivity contribution in [3.05, 3.63) is 34.9 Å². The minimum atomic E-state index is -1.50. The zero-order valence-corrected chi connectivity index (χ0v) is 16.3. The van der Waals surface area contributed by atoms with E-state index in [2.05, 4.69) is 5.32 Å². The number of hydrogen-bond acceptors (Lipinski definition) is 4. The van der Waals surface area contributed by atoms with Gasteiger partial charge < -0.3 is 20.9 Å². The van der Waals surface area contributed by atoms with Gasteiger partial charge in [-0.2, -0.15) is 0 Å². The SMILES string of the molecule is CC.Cc1cc(C)cc(C[C@H](NC(=O)OC(C)(C)C)C(O)C(N)=O)c1. The molecule has 142 valence electrons. The highest BCUT2D eigenvalue weighted by molar-refractivity contribution is 5.80. The number of alkyl carbamates (subject to hydrolysis) is 1. The molecule has 0 bridgehead atoms. The highest BCUT2D eigenvalue weighted by Crippen LogP contribution is 2.13. The van der Waals surface area contributed by atoms with E-state index in [1.165, 1.54) is 0 Å². The molecule has 0 heterocycles. The Labute approximate surface area is 150 Å². The molecule has 2 amide bonds. The van der Waals surface area contributed by atoms with Crippen LogP contribution in [0.4, 0.5) is 4.79 Å². The second kappa shape index (κ2) is 10.0. The number of rotatable bonds is 5. The van der Waals surface area contributed by atoms with Crippen molar-refractivity contribution in [1.29, 1.82) is 0 Å². The molecule has 6 heteroatoms. The highest BCUT2D eigenvalue weighted by atomic mass is 16.6. The van der Waals surface area contributed by atoms with E-state index in [-0.39, 0.29) is 6.42 Å². The van der Waals surface area contributed by atoms with Crippen LogP contribution in [0.1, 0.15) is 51.3 Å². The van der Waals surface area contributed by atoms with Crippen LogP contribution < -0.4 is 11.1 Å². The second-order valence-corrected chi connectivity index (χ2v) is 6.80. The van der Waals surface area contributed by atoms with E-state index in [9.17, 15) is 14.7 Å². The molecular formula is C19H32N2O4. The lowest BCUT2D eigenvalue weighted by Gasteiger charge is -2.25. The minimum absolute atomic E-state index is 0.270. The van der Waals surface area contributed by atoms with Gasteiger partial charge in [-0.15, -0.1) is 0 Å². The number of nitrogens with two attached hydrogens (primary N) is 1. The fraction of sp³-hybridized carbons (Fsp3) is 0.579. The number of aryl methyl sites for hydroxylation is 2. The largest absolute Gasteiger partial charge is 0.444 e. The summed E-state index contributed by atoms with van der Waals surface area (Å²) in [5.74, 6) is -0.893. The summed E-state index contributed by atoms with van der Waals surface area (Å²) >= 11 is 0. The van der Waals surface area contributed by atoms with Gasteiger partial charge in [-0.1, -0.05) is 43.2 Å². The molecule has 0 saturated carbocycles. The van der Waals surface area contributed by atoms with Crippen molar-refractivity contribution in [2.24, 2.45) is 5.73 Å². The molecule has 0 aliphatic rings. The Bertz CT molecular complexity index is 559. The standard InChI is InChI=1S/C17H26N2O4.C2H6/c1-10-6-11(2)8-12(7-10)9-13(14(20)15(18)21)19-16(22)23-17(3,4)5;1-2/h6-8,13-14,20H,9H2,1-5H3,(H2,18,21)(H,19,22);1-2H3/t13-,14?;/m0./s1. The number of aliphatic hydroxyl groups excluding tert-OH is 1. The number of carbonyl (C=O) groups is 2. The number of ether oxygens (including phenoxy) is 1. The lowest BCUT2D eigenvalue weighted by Crippen LogP contribution is -2.51. The number of benzene rings is 1. The number of amides is 2. The lowest BCUT2D eigenvalue weighted by molar-refractivity contribution is -0.127. The van der Waals surface area contributed by atoms with Crippen LogP contribution in [0.25, 0.3) is 0 Å². The summed E-state index contributed by atoms with van der Waals surface area (Å²) in [6.07, 6.45) is -1.93. The van der Waals surface area contributed by atoms with Crippen molar-refractivity contribution in [2.75, 3.05) is 0 Å². The van der Waals surface area contributed by atoms with Gasteiger partial charge in [0.25, 0.3) is 0 Å². The van der Waals surface area contributed by atoms with Gasteiger partial charge in [0.1, 0.15) is 5.60 Å². The first-order valence-corrected chi connectivity index (χ1v) is 8.52. The van der Waals surface area contributed by atoms with E-state index < -0.39 is 29.7 Å². The quantitative estimate of drug-likeness (QED) is 0.758. The molecule has 0 spiro atoms. The average Bonchev–Trinajstić information content (AvgIpc) is 2.44. The van der Waals surface area contributed by atoms with Gasteiger partial charge in [0.15, 0.2) is 6.10 Å². The summed E-state index contributed by atoms with van der Waals surface area (Å²) in [4.78, 5) is 23.2. The molecule has 0 radical (unpaired) electrons. The van der Waals surface area contributed by atoms with Crippen LogP contribution in [-0.4, -0.2) is 34.9 Å². The fourth-order valence-electron chi connectivity index (χ4n) is 2.34. The number of aliphatic hydroxyl groups is 1. The van der Waals surface area contributed by atoms with Crippen molar-refractivity contribution < 1.29 is 19.4 Å². The molecule has 1 unspecified atom stereocenters. The van der Waals surface area contributed by atoms with E-state index in [1.54, 1.807) is 20.8 Å². The maximum absolute atomic E-state index is 11.9. The van der Waals surface area contributed by atoms with Gasteiger partial charge in [0, 0.05) is 0 Å². The summed E-state index contributed by atoms with van der Waals surface area (Å²) in [7, 11) is 0. The van der Waals surface area contributed by atoms with E-state index in [0.29, 0.717) is 0 Å². The predicted molar refractivity (Wildman–Crippen MR) is 99.3 cm³/mol. The third-order valence-corrected chi connectivity index (χ3v) is 3.11. The van der Waals surface area contributed by atoms with Crippen molar-refractivity contribution in [3.8, 4) is 0 Å². The fourth-order valence-corrected chi connectivity index (χ4v) is 2.34. The molecule has 1 rings (SSSR count). The number of hydrogen-bond donors (Lipinski definition) is 3. The van der Waals surface area contributed by atoms with Crippen LogP contribution in [0.15, 0.2) is 18.2 Å². The Morgan fingerprint density at radius 3 is 2.04 bits per heavy atom. The maximum Gasteiger partial charge on any atom is 0.407 e. The van der Waals surface area contributed by atoms with Crippen LogP contribution >= 0.6 is 0 Å². The Morgan fingerprint density at radius 2 is 1.64 bits per heavy atom. The summed E-state index contributed by atoms with van der Waals surface area (Å²) in [5, 5.41) is 12.5. The topological polar surface area (TPSA) is 102 Å². The summed E-state index contributed by atoms with van der Waals surface area (Å²) in [6, 6.07) is 5.03. The van der Waals surface area contributed by atoms with Crippen molar-refractivity contribution in [3.63, 3.8) is 0 Å². The van der Waals surface area contributed by atoms with Gasteiger partial charge in [0.2, 0.25) is 5.91 Å². The molecule has 0 saturated heterocycles. The zero-order chi connectivity index (χ0) is 19.8. The molecule has 0 aliphatic carbocycles. The smallest absolute Gasteiger partial charge is 0.407 e. The van der Waals surface area contributed by atoms with Gasteiger partial charge in [-0.3, -0.25) is 4.79 Å². The number of nitrogens with one attached hydrogen (secondary N) is 1. The molecule has 6 nitrogen and oxygen atoms in total. The van der Waals surface area contributed by atoms with Crippen LogP contribution in [0.5, 0.6) is 0 Å². The van der Waals surface area contributed by atoms with Crippen LogP contribution in [0.2, 0.25) is 0 Å². The highest BCUT2D eigenvalue weighted by Gasteiger charge is 2.28. The van der Waals surface area contributed by atoms with Gasteiger partial charge >= 0.3 is 6.09 Å². The molecule has 1 aromatic carbocycles. The molecule has 1 aromatic rings. The van der Waals surface area contributed by atoms with Crippen molar-refractivity contribution in [1.82, 2.24) is 5.32 Å². The van der Waals surface area contributed by atoms with Crippen LogP contribution in [0.3, 0.4) is 0 Å². The second-order valence-electron chi connectivity index (χ2n) is 6.80. The number of primary amides is 1. The van der Waals surface area contributed by atoms with E-state index in [4.69, 9.17) is 10.5 Å². The zero-order valence-electron chi connectivity index (χ0n) is 16.3. The van der Waals surface area contributed by atoms with E-state index >= 15 is 0 Å². The molecule has 0 fully saturated rings. The molecule has 4 N–H and O–H groups in total. The summed E-state index contributed by atoms with van der Waals surface area (Å²) in [5.41, 5.74) is 7.51. The number of carbonyl (C=O) groups excluding carboxylic acids is 2. The van der Waals surface area contributed by atoms with Gasteiger partial charge in [0.05, 0.1) is 6.04 Å². The predicted octanol–water partition coefficient (Wildman–Crippen LogP) is 2.61. The van der Waals surface area contributed by atoms with E-state index in [0.717, 1.165) is 16.7 Å². The summed E-state index contributed by atoms with van der Waals surface area (Å²) < 4.78 is 5.17.